The van der Waals surface area contributed by atoms with Gasteiger partial charge in [0.25, 0.3) is 0 Å². The van der Waals surface area contributed by atoms with Crippen molar-refractivity contribution in [2.24, 2.45) is 5.92 Å². The average Bonchev–Trinajstić information content (AvgIpc) is 3.32. The van der Waals surface area contributed by atoms with Crippen molar-refractivity contribution < 1.29 is 4.79 Å². The number of carbonyl (C=O) groups is 1. The summed E-state index contributed by atoms with van der Waals surface area (Å²) in [5.41, 5.74) is 4.15. The Labute approximate surface area is 247 Å². The predicted octanol–water partition coefficient (Wildman–Crippen LogP) is 6.66. The molecule has 0 N–H and O–H groups in total. The lowest BCUT2D eigenvalue weighted by molar-refractivity contribution is -0.137. The van der Waals surface area contributed by atoms with Gasteiger partial charge in [-0.05, 0) is 80.5 Å². The molecule has 0 bridgehead atoms. The van der Waals surface area contributed by atoms with Crippen LogP contribution in [0.3, 0.4) is 0 Å². The van der Waals surface area contributed by atoms with Gasteiger partial charge in [0, 0.05) is 47.3 Å². The largest absolute Gasteiger partial charge is 0.367 e. The van der Waals surface area contributed by atoms with Gasteiger partial charge in [-0.1, -0.05) is 51.3 Å². The van der Waals surface area contributed by atoms with Crippen LogP contribution >= 0.6 is 39.1 Å². The first-order valence-electron chi connectivity index (χ1n) is 13.4. The summed E-state index contributed by atoms with van der Waals surface area (Å²) in [5.74, 6) is 1.39. The normalized spacial score (nSPS) is 17.2. The number of hydrogen-bond acceptors (Lipinski definition) is 4. The standard InChI is InChI=1S/C30H30BrCl2N5O/c31-22-5-8-24(9-6-22)38-27-4-2-1-3-26(27)34-29(38)20-35-13-11-21(12-14-35)30(39)37-17-15-36(16-18-37)28-19-23(32)7-10-25(28)33/h1-10,19,21H,11-18,20H2. The van der Waals surface area contributed by atoms with E-state index in [0.717, 1.165) is 78.3 Å². The summed E-state index contributed by atoms with van der Waals surface area (Å²) >= 11 is 16.1. The van der Waals surface area contributed by atoms with E-state index in [1.165, 1.54) is 0 Å². The molecule has 0 unspecified atom stereocenters. The number of amides is 1. The van der Waals surface area contributed by atoms with Crippen LogP contribution in [0.1, 0.15) is 18.7 Å². The molecule has 9 heteroatoms. The van der Waals surface area contributed by atoms with Gasteiger partial charge in [0.15, 0.2) is 0 Å². The van der Waals surface area contributed by atoms with E-state index in [1.807, 2.05) is 23.1 Å². The SMILES string of the molecule is O=C(C1CCN(Cc2nc3ccccc3n2-c2ccc(Br)cc2)CC1)N1CCN(c2cc(Cl)ccc2Cl)CC1. The number of carbonyl (C=O) groups excluding carboxylic acids is 1. The van der Waals surface area contributed by atoms with Crippen LogP contribution in [0.15, 0.2) is 71.2 Å². The highest BCUT2D eigenvalue weighted by molar-refractivity contribution is 9.10. The lowest BCUT2D eigenvalue weighted by Crippen LogP contribution is -2.51. The number of piperidine rings is 1. The zero-order valence-electron chi connectivity index (χ0n) is 21.6. The fourth-order valence-electron chi connectivity index (χ4n) is 5.75. The van der Waals surface area contributed by atoms with E-state index >= 15 is 0 Å². The summed E-state index contributed by atoms with van der Waals surface area (Å²) in [7, 11) is 0. The van der Waals surface area contributed by atoms with E-state index in [4.69, 9.17) is 28.2 Å². The van der Waals surface area contributed by atoms with Crippen molar-refractivity contribution >= 4 is 61.8 Å². The Morgan fingerprint density at radius 1 is 0.897 bits per heavy atom. The number of imidazole rings is 1. The number of piperazine rings is 1. The molecule has 0 radical (unpaired) electrons. The third kappa shape index (κ3) is 5.68. The number of para-hydroxylation sites is 2. The van der Waals surface area contributed by atoms with Crippen molar-refractivity contribution in [1.82, 2.24) is 19.4 Å². The molecule has 1 aromatic heterocycles. The summed E-state index contributed by atoms with van der Waals surface area (Å²) in [4.78, 5) is 25.1. The van der Waals surface area contributed by atoms with Crippen LogP contribution in [0.4, 0.5) is 5.69 Å². The number of anilines is 1. The molecule has 0 aliphatic carbocycles. The van der Waals surface area contributed by atoms with E-state index in [9.17, 15) is 4.79 Å². The van der Waals surface area contributed by atoms with Crippen molar-refractivity contribution in [1.29, 1.82) is 0 Å². The third-order valence-corrected chi connectivity index (χ3v) is 8.94. The van der Waals surface area contributed by atoms with E-state index in [-0.39, 0.29) is 11.8 Å². The van der Waals surface area contributed by atoms with E-state index in [1.54, 1.807) is 6.07 Å². The highest BCUT2D eigenvalue weighted by Crippen LogP contribution is 2.31. The number of fused-ring (bicyclic) bond motifs is 1. The first-order chi connectivity index (χ1) is 19.0. The molecule has 2 saturated heterocycles. The fourth-order valence-corrected chi connectivity index (χ4v) is 6.42. The van der Waals surface area contributed by atoms with Crippen LogP contribution in [0.2, 0.25) is 10.0 Å². The smallest absolute Gasteiger partial charge is 0.225 e. The number of benzene rings is 3. The highest BCUT2D eigenvalue weighted by atomic mass is 79.9. The van der Waals surface area contributed by atoms with Crippen LogP contribution in [-0.4, -0.2) is 64.5 Å². The predicted molar refractivity (Wildman–Crippen MR) is 162 cm³/mol. The second-order valence-electron chi connectivity index (χ2n) is 10.3. The molecule has 4 aromatic rings. The average molecular weight is 627 g/mol. The quantitative estimate of drug-likeness (QED) is 0.249. The summed E-state index contributed by atoms with van der Waals surface area (Å²) in [5, 5.41) is 1.37. The summed E-state index contributed by atoms with van der Waals surface area (Å²) < 4.78 is 3.31. The zero-order valence-corrected chi connectivity index (χ0v) is 24.7. The molecule has 1 amide bonds. The lowest BCUT2D eigenvalue weighted by atomic mass is 9.95. The van der Waals surface area contributed by atoms with Gasteiger partial charge in [-0.2, -0.15) is 0 Å². The summed E-state index contributed by atoms with van der Waals surface area (Å²) in [6.45, 7) is 5.47. The molecular formula is C30H30BrCl2N5O. The van der Waals surface area contributed by atoms with Gasteiger partial charge in [-0.25, -0.2) is 4.98 Å². The molecule has 2 aliphatic heterocycles. The Kier molecular flexibility index (Phi) is 7.85. The monoisotopic (exact) mass is 625 g/mol. The Balaban J connectivity index is 1.08. The van der Waals surface area contributed by atoms with Crippen LogP contribution in [-0.2, 0) is 11.3 Å². The minimum Gasteiger partial charge on any atom is -0.367 e. The van der Waals surface area contributed by atoms with Gasteiger partial charge in [0.1, 0.15) is 5.82 Å². The number of nitrogens with zero attached hydrogens (tertiary/aromatic N) is 5. The van der Waals surface area contributed by atoms with E-state index in [0.29, 0.717) is 23.1 Å². The van der Waals surface area contributed by atoms with Crippen LogP contribution in [0.25, 0.3) is 16.7 Å². The Morgan fingerprint density at radius 3 is 2.36 bits per heavy atom. The van der Waals surface area contributed by atoms with Crippen molar-refractivity contribution in [3.8, 4) is 5.69 Å². The van der Waals surface area contributed by atoms with Crippen LogP contribution in [0.5, 0.6) is 0 Å². The Hall–Kier alpha value is -2.58. The molecular weight excluding hydrogens is 597 g/mol. The van der Waals surface area contributed by atoms with Gasteiger partial charge >= 0.3 is 0 Å². The molecule has 6 nitrogen and oxygen atoms in total. The minimum atomic E-state index is 0.0767. The molecule has 0 saturated carbocycles. The van der Waals surface area contributed by atoms with Crippen LogP contribution < -0.4 is 4.90 Å². The first-order valence-corrected chi connectivity index (χ1v) is 14.9. The maximum atomic E-state index is 13.4. The van der Waals surface area contributed by atoms with E-state index < -0.39 is 0 Å². The molecule has 2 aliphatic rings. The van der Waals surface area contributed by atoms with Crippen molar-refractivity contribution in [2.45, 2.75) is 19.4 Å². The topological polar surface area (TPSA) is 44.6 Å². The third-order valence-electron chi connectivity index (χ3n) is 7.86. The summed E-state index contributed by atoms with van der Waals surface area (Å²) in [6, 6.07) is 22.2. The maximum absolute atomic E-state index is 13.4. The molecule has 202 valence electrons. The molecule has 0 spiro atoms. The second-order valence-corrected chi connectivity index (χ2v) is 12.0. The van der Waals surface area contributed by atoms with E-state index in [2.05, 4.69) is 72.8 Å². The maximum Gasteiger partial charge on any atom is 0.225 e. The molecule has 0 atom stereocenters. The van der Waals surface area contributed by atoms with Gasteiger partial charge in [0.2, 0.25) is 5.91 Å². The number of likely N-dealkylation sites (tertiary alicyclic amines) is 1. The Bertz CT molecular complexity index is 1470. The molecule has 2 fully saturated rings. The number of rotatable bonds is 5. The van der Waals surface area contributed by atoms with Crippen LogP contribution in [0, 0.1) is 5.92 Å². The number of halogens is 3. The molecule has 3 heterocycles. The minimum absolute atomic E-state index is 0.0767. The van der Waals surface area contributed by atoms with Crippen molar-refractivity contribution in [2.75, 3.05) is 44.2 Å². The fraction of sp³-hybridized carbons (Fsp3) is 0.333. The lowest BCUT2D eigenvalue weighted by Gasteiger charge is -2.39. The number of hydrogen-bond donors (Lipinski definition) is 0. The molecule has 39 heavy (non-hydrogen) atoms. The zero-order chi connectivity index (χ0) is 26.9. The highest BCUT2D eigenvalue weighted by Gasteiger charge is 2.31. The van der Waals surface area contributed by atoms with Gasteiger partial charge in [-0.3, -0.25) is 14.3 Å². The first kappa shape index (κ1) is 26.6. The molecule has 6 rings (SSSR count). The second kappa shape index (κ2) is 11.5. The number of aromatic nitrogens is 2. The summed E-state index contributed by atoms with van der Waals surface area (Å²) in [6.07, 6.45) is 1.75. The Morgan fingerprint density at radius 2 is 1.62 bits per heavy atom. The van der Waals surface area contributed by atoms with Gasteiger partial charge < -0.3 is 9.80 Å². The van der Waals surface area contributed by atoms with Crippen molar-refractivity contribution in [3.05, 3.63) is 87.1 Å². The van der Waals surface area contributed by atoms with Crippen molar-refractivity contribution in [3.63, 3.8) is 0 Å². The van der Waals surface area contributed by atoms with Gasteiger partial charge in [-0.15, -0.1) is 0 Å². The molecule has 3 aromatic carbocycles. The van der Waals surface area contributed by atoms with Gasteiger partial charge in [0.05, 0.1) is 28.3 Å².